The van der Waals surface area contributed by atoms with E-state index in [0.717, 1.165) is 0 Å². The quantitative estimate of drug-likeness (QED) is 0.266. The molecule has 0 spiro atoms. The van der Waals surface area contributed by atoms with Crippen molar-refractivity contribution in [3.63, 3.8) is 0 Å². The van der Waals surface area contributed by atoms with E-state index in [1.165, 1.54) is 89.9 Å². The van der Waals surface area contributed by atoms with Crippen LogP contribution in [0, 0.1) is 0 Å². The van der Waals surface area contributed by atoms with Gasteiger partial charge in [0.25, 0.3) is 0 Å². The SMILES string of the molecule is CCCCCCCCCCCCC(CCCC)O[Si]. The van der Waals surface area contributed by atoms with Gasteiger partial charge >= 0.3 is 0 Å². The van der Waals surface area contributed by atoms with Gasteiger partial charge in [0.2, 0.25) is 10.5 Å². The minimum atomic E-state index is 0.436. The number of unbranched alkanes of at least 4 members (excludes halogenated alkanes) is 10. The third-order valence-corrected chi connectivity index (χ3v) is 4.26. The van der Waals surface area contributed by atoms with Crippen LogP contribution < -0.4 is 0 Å². The summed E-state index contributed by atoms with van der Waals surface area (Å²) in [5.41, 5.74) is 0. The van der Waals surface area contributed by atoms with Gasteiger partial charge in [-0.1, -0.05) is 90.9 Å². The van der Waals surface area contributed by atoms with E-state index in [0.29, 0.717) is 6.10 Å². The number of hydrogen-bond acceptors (Lipinski definition) is 1. The van der Waals surface area contributed by atoms with Gasteiger partial charge in [-0.2, -0.15) is 0 Å². The van der Waals surface area contributed by atoms with Crippen molar-refractivity contribution in [2.75, 3.05) is 0 Å². The molecule has 0 aromatic rings. The Kier molecular flexibility index (Phi) is 16.4. The zero-order chi connectivity index (χ0) is 14.2. The van der Waals surface area contributed by atoms with E-state index in [-0.39, 0.29) is 0 Å². The van der Waals surface area contributed by atoms with Crippen molar-refractivity contribution >= 4 is 10.5 Å². The Morgan fingerprint density at radius 1 is 0.632 bits per heavy atom. The van der Waals surface area contributed by atoms with Gasteiger partial charge < -0.3 is 4.43 Å². The van der Waals surface area contributed by atoms with Crippen LogP contribution in [-0.2, 0) is 4.43 Å². The van der Waals surface area contributed by atoms with Crippen LogP contribution >= 0.6 is 0 Å². The Balaban J connectivity index is 3.16. The minimum Gasteiger partial charge on any atom is -0.416 e. The molecule has 19 heavy (non-hydrogen) atoms. The molecule has 2 heteroatoms. The first kappa shape index (κ1) is 19.2. The summed E-state index contributed by atoms with van der Waals surface area (Å²) in [4.78, 5) is 0. The Bertz CT molecular complexity index is 161. The molecule has 0 N–H and O–H groups in total. The van der Waals surface area contributed by atoms with E-state index in [1.807, 2.05) is 0 Å². The molecule has 0 fully saturated rings. The van der Waals surface area contributed by atoms with Crippen LogP contribution in [0.25, 0.3) is 0 Å². The van der Waals surface area contributed by atoms with E-state index in [1.54, 1.807) is 0 Å². The van der Waals surface area contributed by atoms with Crippen LogP contribution in [0.1, 0.15) is 104 Å². The lowest BCUT2D eigenvalue weighted by molar-refractivity contribution is 0.190. The maximum Gasteiger partial charge on any atom is 0.246 e. The van der Waals surface area contributed by atoms with Gasteiger partial charge in [0.1, 0.15) is 0 Å². The summed E-state index contributed by atoms with van der Waals surface area (Å²) >= 11 is 0. The minimum absolute atomic E-state index is 0.436. The first-order valence-electron chi connectivity index (χ1n) is 8.67. The number of rotatable bonds is 15. The van der Waals surface area contributed by atoms with Crippen molar-refractivity contribution in [3.05, 3.63) is 0 Å². The topological polar surface area (TPSA) is 9.23 Å². The summed E-state index contributed by atoms with van der Waals surface area (Å²) in [6.45, 7) is 4.52. The van der Waals surface area contributed by atoms with E-state index in [2.05, 4.69) is 24.3 Å². The van der Waals surface area contributed by atoms with Gasteiger partial charge in [-0.3, -0.25) is 0 Å². The summed E-state index contributed by atoms with van der Waals surface area (Å²) in [5, 5.41) is 0. The molecule has 0 aromatic heterocycles. The highest BCUT2D eigenvalue weighted by Crippen LogP contribution is 2.15. The molecule has 0 aliphatic carbocycles. The zero-order valence-electron chi connectivity index (χ0n) is 13.4. The molecule has 0 saturated heterocycles. The van der Waals surface area contributed by atoms with Crippen molar-refractivity contribution in [1.82, 2.24) is 0 Å². The molecular formula is C17H35OSi. The van der Waals surface area contributed by atoms with Crippen molar-refractivity contribution in [1.29, 1.82) is 0 Å². The molecule has 0 aromatic carbocycles. The second-order valence-electron chi connectivity index (χ2n) is 5.85. The average molecular weight is 284 g/mol. The maximum atomic E-state index is 5.34. The largest absolute Gasteiger partial charge is 0.416 e. The standard InChI is InChI=1S/C17H35OSi/c1-3-5-7-8-9-10-11-12-13-14-16-17(18-19)15-6-4-2/h17H,3-16H2,1-2H3. The van der Waals surface area contributed by atoms with Crippen LogP contribution in [0.4, 0.5) is 0 Å². The van der Waals surface area contributed by atoms with E-state index in [4.69, 9.17) is 4.43 Å². The second-order valence-corrected chi connectivity index (χ2v) is 6.09. The highest BCUT2D eigenvalue weighted by molar-refractivity contribution is 5.98. The molecule has 0 rings (SSSR count). The first-order chi connectivity index (χ1) is 9.35. The Morgan fingerprint density at radius 3 is 1.53 bits per heavy atom. The van der Waals surface area contributed by atoms with E-state index in [9.17, 15) is 0 Å². The maximum absolute atomic E-state index is 5.34. The fourth-order valence-electron chi connectivity index (χ4n) is 2.55. The fourth-order valence-corrected chi connectivity index (χ4v) is 2.79. The first-order valence-corrected chi connectivity index (χ1v) is 9.08. The predicted molar refractivity (Wildman–Crippen MR) is 86.6 cm³/mol. The molecule has 0 saturated carbocycles. The van der Waals surface area contributed by atoms with Gasteiger partial charge in [-0.25, -0.2) is 0 Å². The zero-order valence-corrected chi connectivity index (χ0v) is 14.4. The smallest absolute Gasteiger partial charge is 0.246 e. The normalized spacial score (nSPS) is 12.8. The Morgan fingerprint density at radius 2 is 1.05 bits per heavy atom. The molecule has 0 heterocycles. The molecule has 113 valence electrons. The average Bonchev–Trinajstić information content (AvgIpc) is 2.44. The van der Waals surface area contributed by atoms with Gasteiger partial charge in [0.15, 0.2) is 0 Å². The van der Waals surface area contributed by atoms with Crippen LogP contribution in [0.2, 0.25) is 0 Å². The lowest BCUT2D eigenvalue weighted by atomic mass is 10.0. The van der Waals surface area contributed by atoms with Crippen molar-refractivity contribution in [3.8, 4) is 0 Å². The van der Waals surface area contributed by atoms with Gasteiger partial charge in [-0.05, 0) is 12.8 Å². The summed E-state index contributed by atoms with van der Waals surface area (Å²) in [6.07, 6.45) is 19.5. The van der Waals surface area contributed by atoms with Crippen molar-refractivity contribution in [2.45, 2.75) is 110 Å². The van der Waals surface area contributed by atoms with Crippen molar-refractivity contribution in [2.24, 2.45) is 0 Å². The molecule has 3 radical (unpaired) electrons. The third kappa shape index (κ3) is 14.4. The monoisotopic (exact) mass is 283 g/mol. The molecule has 1 unspecified atom stereocenters. The van der Waals surface area contributed by atoms with Crippen LogP contribution in [0.15, 0.2) is 0 Å². The van der Waals surface area contributed by atoms with E-state index >= 15 is 0 Å². The van der Waals surface area contributed by atoms with Crippen LogP contribution in [-0.4, -0.2) is 16.6 Å². The molecule has 1 atom stereocenters. The van der Waals surface area contributed by atoms with Gasteiger partial charge in [0, 0.05) is 6.10 Å². The predicted octanol–water partition coefficient (Wildman–Crippen LogP) is 5.96. The Labute approximate surface area is 125 Å². The van der Waals surface area contributed by atoms with Gasteiger partial charge in [0.05, 0.1) is 0 Å². The van der Waals surface area contributed by atoms with Crippen LogP contribution in [0.5, 0.6) is 0 Å². The molecule has 0 aliphatic rings. The number of hydrogen-bond donors (Lipinski definition) is 0. The lowest BCUT2D eigenvalue weighted by Gasteiger charge is -2.14. The summed E-state index contributed by atoms with van der Waals surface area (Å²) in [5.74, 6) is 0. The van der Waals surface area contributed by atoms with E-state index < -0.39 is 0 Å². The highest BCUT2D eigenvalue weighted by Gasteiger charge is 2.05. The van der Waals surface area contributed by atoms with Crippen LogP contribution in [0.3, 0.4) is 0 Å². The molecule has 0 aliphatic heterocycles. The van der Waals surface area contributed by atoms with Gasteiger partial charge in [-0.15, -0.1) is 0 Å². The summed E-state index contributed by atoms with van der Waals surface area (Å²) < 4.78 is 5.34. The summed E-state index contributed by atoms with van der Waals surface area (Å²) in [6, 6.07) is 0. The fraction of sp³-hybridized carbons (Fsp3) is 1.00. The third-order valence-electron chi connectivity index (χ3n) is 3.93. The molecule has 1 nitrogen and oxygen atoms in total. The van der Waals surface area contributed by atoms with Crippen molar-refractivity contribution < 1.29 is 4.43 Å². The molecule has 0 amide bonds. The Hall–Kier alpha value is 0.177. The molecule has 0 bridgehead atoms. The summed E-state index contributed by atoms with van der Waals surface area (Å²) in [7, 11) is 3.22. The lowest BCUT2D eigenvalue weighted by Crippen LogP contribution is -2.10. The highest BCUT2D eigenvalue weighted by atomic mass is 28.2. The second kappa shape index (κ2) is 16.2. The molecular weight excluding hydrogens is 248 g/mol.